The van der Waals surface area contributed by atoms with Gasteiger partial charge < -0.3 is 5.73 Å². The molecule has 1 atom stereocenters. The van der Waals surface area contributed by atoms with E-state index in [0.29, 0.717) is 12.1 Å². The fraction of sp³-hybridized carbons (Fsp3) is 0.111. The van der Waals surface area contributed by atoms with Crippen LogP contribution in [0.3, 0.4) is 0 Å². The Labute approximate surface area is 73.7 Å². The van der Waals surface area contributed by atoms with E-state index in [9.17, 15) is 13.2 Å². The number of hydrogen-bond acceptors (Lipinski definition) is 1. The molecule has 1 rings (SSSR count). The largest absolute Gasteiger partial charge is 0.321 e. The summed E-state index contributed by atoms with van der Waals surface area (Å²) in [7, 11) is 0. The third-order valence-electron chi connectivity index (χ3n) is 1.63. The first-order valence-corrected chi connectivity index (χ1v) is 3.59. The summed E-state index contributed by atoms with van der Waals surface area (Å²) in [4.78, 5) is 0. The van der Waals surface area contributed by atoms with Crippen LogP contribution in [0.25, 0.3) is 0 Å². The Balaban J connectivity index is 3.28. The molecule has 0 aliphatic rings. The van der Waals surface area contributed by atoms with E-state index in [1.165, 1.54) is 6.08 Å². The minimum absolute atomic E-state index is 0.364. The summed E-state index contributed by atoms with van der Waals surface area (Å²) in [6.45, 7) is 3.29. The van der Waals surface area contributed by atoms with Crippen LogP contribution in [-0.2, 0) is 0 Å². The number of benzene rings is 1. The van der Waals surface area contributed by atoms with E-state index in [-0.39, 0.29) is 5.56 Å². The molecule has 0 heterocycles. The van der Waals surface area contributed by atoms with E-state index >= 15 is 0 Å². The van der Waals surface area contributed by atoms with Crippen LogP contribution >= 0.6 is 0 Å². The highest BCUT2D eigenvalue weighted by Gasteiger charge is 2.15. The first-order valence-electron chi connectivity index (χ1n) is 3.59. The molecule has 0 unspecified atom stereocenters. The Hall–Kier alpha value is -1.29. The minimum atomic E-state index is -0.995. The van der Waals surface area contributed by atoms with Crippen molar-refractivity contribution in [1.29, 1.82) is 0 Å². The zero-order valence-electron chi connectivity index (χ0n) is 6.73. The van der Waals surface area contributed by atoms with Crippen LogP contribution in [0.2, 0.25) is 0 Å². The van der Waals surface area contributed by atoms with Crippen molar-refractivity contribution < 1.29 is 13.2 Å². The summed E-state index contributed by atoms with van der Waals surface area (Å²) in [5, 5.41) is 0. The third-order valence-corrected chi connectivity index (χ3v) is 1.63. The van der Waals surface area contributed by atoms with E-state index < -0.39 is 23.5 Å². The molecule has 0 amide bonds. The van der Waals surface area contributed by atoms with Gasteiger partial charge >= 0.3 is 0 Å². The normalized spacial score (nSPS) is 12.6. The molecule has 0 aliphatic heterocycles. The molecule has 0 bridgehead atoms. The SMILES string of the molecule is C=C[C@H](N)c1c(F)cc(F)cc1F. The van der Waals surface area contributed by atoms with Crippen molar-refractivity contribution in [3.05, 3.63) is 47.8 Å². The topological polar surface area (TPSA) is 26.0 Å². The molecule has 0 saturated carbocycles. The summed E-state index contributed by atoms with van der Waals surface area (Å²) < 4.78 is 38.3. The Bertz CT molecular complexity index is 313. The summed E-state index contributed by atoms with van der Waals surface area (Å²) in [5.74, 6) is -2.95. The fourth-order valence-electron chi connectivity index (χ4n) is 0.990. The van der Waals surface area contributed by atoms with Gasteiger partial charge in [-0.25, -0.2) is 13.2 Å². The lowest BCUT2D eigenvalue weighted by atomic mass is 10.1. The van der Waals surface area contributed by atoms with Crippen molar-refractivity contribution in [1.82, 2.24) is 0 Å². The van der Waals surface area contributed by atoms with Crippen LogP contribution in [0, 0.1) is 17.5 Å². The van der Waals surface area contributed by atoms with Crippen LogP contribution < -0.4 is 5.73 Å². The second kappa shape index (κ2) is 3.62. The van der Waals surface area contributed by atoms with Crippen LogP contribution in [0.1, 0.15) is 11.6 Å². The lowest BCUT2D eigenvalue weighted by Crippen LogP contribution is -2.11. The van der Waals surface area contributed by atoms with E-state index in [1.54, 1.807) is 0 Å². The first-order chi connectivity index (χ1) is 6.06. The van der Waals surface area contributed by atoms with Gasteiger partial charge in [-0.3, -0.25) is 0 Å². The quantitative estimate of drug-likeness (QED) is 0.706. The zero-order chi connectivity index (χ0) is 10.0. The maximum Gasteiger partial charge on any atom is 0.134 e. The van der Waals surface area contributed by atoms with Gasteiger partial charge in [0, 0.05) is 17.7 Å². The second-order valence-electron chi connectivity index (χ2n) is 2.54. The van der Waals surface area contributed by atoms with Crippen molar-refractivity contribution >= 4 is 0 Å². The summed E-state index contributed by atoms with van der Waals surface area (Å²) >= 11 is 0. The predicted octanol–water partition coefficient (Wildman–Crippen LogP) is 2.29. The maximum atomic E-state index is 12.9. The molecule has 13 heavy (non-hydrogen) atoms. The molecule has 0 aliphatic carbocycles. The van der Waals surface area contributed by atoms with Gasteiger partial charge in [0.05, 0.1) is 6.04 Å². The van der Waals surface area contributed by atoms with Gasteiger partial charge in [0.15, 0.2) is 0 Å². The Morgan fingerprint density at radius 3 is 2.08 bits per heavy atom. The van der Waals surface area contributed by atoms with Gasteiger partial charge in [0.1, 0.15) is 17.5 Å². The third kappa shape index (κ3) is 1.89. The van der Waals surface area contributed by atoms with Crippen molar-refractivity contribution in [2.24, 2.45) is 5.73 Å². The van der Waals surface area contributed by atoms with E-state index in [0.717, 1.165) is 0 Å². The standard InChI is InChI=1S/C9H8F3N/c1-2-8(13)9-6(11)3-5(10)4-7(9)12/h2-4,8H,1,13H2/t8-/m0/s1. The Kier molecular flexibility index (Phi) is 2.72. The van der Waals surface area contributed by atoms with Crippen LogP contribution in [0.4, 0.5) is 13.2 Å². The maximum absolute atomic E-state index is 12.9. The van der Waals surface area contributed by atoms with E-state index in [2.05, 4.69) is 6.58 Å². The van der Waals surface area contributed by atoms with Gasteiger partial charge in [-0.2, -0.15) is 0 Å². The number of halogens is 3. The fourth-order valence-corrected chi connectivity index (χ4v) is 0.990. The molecular formula is C9H8F3N. The summed E-state index contributed by atoms with van der Waals surface area (Å²) in [6, 6.07) is 0.212. The van der Waals surface area contributed by atoms with Crippen molar-refractivity contribution in [3.8, 4) is 0 Å². The monoisotopic (exact) mass is 187 g/mol. The first kappa shape index (κ1) is 9.80. The summed E-state index contributed by atoms with van der Waals surface area (Å²) in [5.41, 5.74) is 4.96. The van der Waals surface area contributed by atoms with Crippen molar-refractivity contribution in [2.75, 3.05) is 0 Å². The smallest absolute Gasteiger partial charge is 0.134 e. The Morgan fingerprint density at radius 2 is 1.69 bits per heavy atom. The van der Waals surface area contributed by atoms with Gasteiger partial charge in [-0.1, -0.05) is 6.08 Å². The molecule has 1 nitrogen and oxygen atoms in total. The highest BCUT2D eigenvalue weighted by molar-refractivity contribution is 5.26. The zero-order valence-corrected chi connectivity index (χ0v) is 6.73. The van der Waals surface area contributed by atoms with Crippen LogP contribution in [0.15, 0.2) is 24.8 Å². The lowest BCUT2D eigenvalue weighted by molar-refractivity contribution is 0.517. The predicted molar refractivity (Wildman–Crippen MR) is 43.4 cm³/mol. The summed E-state index contributed by atoms with van der Waals surface area (Å²) in [6.07, 6.45) is 1.18. The molecule has 2 N–H and O–H groups in total. The molecule has 0 aromatic heterocycles. The molecule has 0 spiro atoms. The van der Waals surface area contributed by atoms with Gasteiger partial charge in [0.2, 0.25) is 0 Å². The van der Waals surface area contributed by atoms with Gasteiger partial charge in [0.25, 0.3) is 0 Å². The van der Waals surface area contributed by atoms with Gasteiger partial charge in [-0.05, 0) is 0 Å². The molecule has 4 heteroatoms. The minimum Gasteiger partial charge on any atom is -0.321 e. The number of rotatable bonds is 2. The van der Waals surface area contributed by atoms with E-state index in [4.69, 9.17) is 5.73 Å². The number of hydrogen-bond donors (Lipinski definition) is 1. The van der Waals surface area contributed by atoms with Crippen LogP contribution in [0.5, 0.6) is 0 Å². The molecule has 1 aromatic rings. The molecule has 0 saturated heterocycles. The molecule has 1 aromatic carbocycles. The van der Waals surface area contributed by atoms with Crippen molar-refractivity contribution in [3.63, 3.8) is 0 Å². The average molecular weight is 187 g/mol. The van der Waals surface area contributed by atoms with Crippen LogP contribution in [-0.4, -0.2) is 0 Å². The molecule has 0 fully saturated rings. The average Bonchev–Trinajstić information content (AvgIpc) is 2.02. The van der Waals surface area contributed by atoms with Crippen molar-refractivity contribution in [2.45, 2.75) is 6.04 Å². The van der Waals surface area contributed by atoms with E-state index in [1.807, 2.05) is 0 Å². The lowest BCUT2D eigenvalue weighted by Gasteiger charge is -2.08. The highest BCUT2D eigenvalue weighted by Crippen LogP contribution is 2.20. The number of nitrogens with two attached hydrogens (primary N) is 1. The Morgan fingerprint density at radius 1 is 1.23 bits per heavy atom. The molecule has 70 valence electrons. The highest BCUT2D eigenvalue weighted by atomic mass is 19.1. The van der Waals surface area contributed by atoms with Gasteiger partial charge in [-0.15, -0.1) is 6.58 Å². The molecular weight excluding hydrogens is 179 g/mol. The second-order valence-corrected chi connectivity index (χ2v) is 2.54. The molecule has 0 radical (unpaired) electrons.